The number of nitrogens with two attached hydrogens (primary N) is 1. The van der Waals surface area contributed by atoms with Crippen LogP contribution in [-0.2, 0) is 0 Å². The van der Waals surface area contributed by atoms with E-state index in [-0.39, 0.29) is 0 Å². The fourth-order valence-corrected chi connectivity index (χ4v) is 2.89. The summed E-state index contributed by atoms with van der Waals surface area (Å²) in [6, 6.07) is 6.09. The monoisotopic (exact) mass is 322 g/mol. The lowest BCUT2D eigenvalue weighted by molar-refractivity contribution is 0.568. The molecule has 0 saturated carbocycles. The maximum Gasteiger partial charge on any atom is 0.188 e. The molecule has 1 fully saturated rings. The summed E-state index contributed by atoms with van der Waals surface area (Å²) in [6.07, 6.45) is 1.16. The minimum Gasteiger partial charge on any atom is -0.371 e. The van der Waals surface area contributed by atoms with Gasteiger partial charge in [0.15, 0.2) is 5.96 Å². The Morgan fingerprint density at radius 2 is 2.27 bits per heavy atom. The van der Waals surface area contributed by atoms with Gasteiger partial charge in [-0.3, -0.25) is 4.99 Å². The summed E-state index contributed by atoms with van der Waals surface area (Å²) in [6.45, 7) is 10.2. The second kappa shape index (κ2) is 7.73. The summed E-state index contributed by atoms with van der Waals surface area (Å²) < 4.78 is 0. The summed E-state index contributed by atoms with van der Waals surface area (Å²) in [4.78, 5) is 6.75. The lowest BCUT2D eigenvalue weighted by Gasteiger charge is -2.21. The molecule has 0 radical (unpaired) electrons. The van der Waals surface area contributed by atoms with Crippen LogP contribution in [0.1, 0.15) is 25.8 Å². The molecule has 0 bridgehead atoms. The maximum atomic E-state index is 6.12. The zero-order valence-corrected chi connectivity index (χ0v) is 14.5. The molecular formula is C17H27ClN4. The van der Waals surface area contributed by atoms with Crippen molar-refractivity contribution < 1.29 is 0 Å². The largest absolute Gasteiger partial charge is 0.371 e. The first-order valence-electron chi connectivity index (χ1n) is 8.00. The van der Waals surface area contributed by atoms with Crippen molar-refractivity contribution in [1.29, 1.82) is 0 Å². The lowest BCUT2D eigenvalue weighted by Crippen LogP contribution is -2.36. The Morgan fingerprint density at radius 3 is 3.00 bits per heavy atom. The second-order valence-corrected chi connectivity index (χ2v) is 6.97. The van der Waals surface area contributed by atoms with Gasteiger partial charge in [0.25, 0.3) is 0 Å². The van der Waals surface area contributed by atoms with Crippen molar-refractivity contribution >= 4 is 23.2 Å². The van der Waals surface area contributed by atoms with E-state index in [1.807, 2.05) is 6.07 Å². The number of anilines is 1. The van der Waals surface area contributed by atoms with Crippen LogP contribution in [0.2, 0.25) is 5.02 Å². The Kier molecular flexibility index (Phi) is 5.95. The molecule has 4 nitrogen and oxygen atoms in total. The molecule has 1 aliphatic rings. The second-order valence-electron chi connectivity index (χ2n) is 6.53. The predicted octanol–water partition coefficient (Wildman–Crippen LogP) is 3.04. The average Bonchev–Trinajstić information content (AvgIpc) is 2.94. The Morgan fingerprint density at radius 1 is 1.50 bits per heavy atom. The van der Waals surface area contributed by atoms with Crippen LogP contribution in [0.4, 0.5) is 5.69 Å². The van der Waals surface area contributed by atoms with Crippen molar-refractivity contribution in [2.75, 3.05) is 31.1 Å². The van der Waals surface area contributed by atoms with Crippen molar-refractivity contribution in [3.63, 3.8) is 0 Å². The van der Waals surface area contributed by atoms with E-state index >= 15 is 0 Å². The Balaban J connectivity index is 1.85. The number of aliphatic imine (C=N–C) groups is 1. The maximum absolute atomic E-state index is 6.12. The topological polar surface area (TPSA) is 53.6 Å². The molecule has 1 heterocycles. The van der Waals surface area contributed by atoms with Gasteiger partial charge in [-0.2, -0.15) is 0 Å². The van der Waals surface area contributed by atoms with Gasteiger partial charge in [-0.15, -0.1) is 0 Å². The quantitative estimate of drug-likeness (QED) is 0.647. The van der Waals surface area contributed by atoms with E-state index in [0.717, 1.165) is 37.6 Å². The van der Waals surface area contributed by atoms with E-state index in [1.165, 1.54) is 11.3 Å². The summed E-state index contributed by atoms with van der Waals surface area (Å²) in [5.41, 5.74) is 8.42. The molecule has 0 aromatic heterocycles. The number of benzene rings is 1. The van der Waals surface area contributed by atoms with Gasteiger partial charge in [-0.05, 0) is 42.9 Å². The number of halogens is 1. The van der Waals surface area contributed by atoms with Crippen molar-refractivity contribution in [2.24, 2.45) is 22.6 Å². The van der Waals surface area contributed by atoms with Gasteiger partial charge in [0.1, 0.15) is 0 Å². The van der Waals surface area contributed by atoms with Crippen molar-refractivity contribution in [1.82, 2.24) is 5.32 Å². The fraction of sp³-hybridized carbons (Fsp3) is 0.588. The summed E-state index contributed by atoms with van der Waals surface area (Å²) >= 11 is 6.12. The van der Waals surface area contributed by atoms with E-state index in [0.29, 0.717) is 17.8 Å². The van der Waals surface area contributed by atoms with Crippen LogP contribution in [0.25, 0.3) is 0 Å². The highest BCUT2D eigenvalue weighted by Crippen LogP contribution is 2.29. The first-order valence-corrected chi connectivity index (χ1v) is 8.38. The molecule has 1 atom stereocenters. The Bertz CT molecular complexity index is 527. The Hall–Kier alpha value is -1.42. The van der Waals surface area contributed by atoms with E-state index in [9.17, 15) is 0 Å². The molecule has 1 saturated heterocycles. The van der Waals surface area contributed by atoms with Crippen molar-refractivity contribution in [2.45, 2.75) is 27.2 Å². The van der Waals surface area contributed by atoms with Crippen LogP contribution >= 0.6 is 11.6 Å². The average molecular weight is 323 g/mol. The predicted molar refractivity (Wildman–Crippen MR) is 95.8 cm³/mol. The third-order valence-corrected chi connectivity index (χ3v) is 4.23. The number of nitrogens with zero attached hydrogens (tertiary/aromatic N) is 2. The molecule has 1 aliphatic heterocycles. The SMILES string of the molecule is Cc1ccc(Cl)cc1N1CCC(CNC(N)=NCC(C)C)C1. The normalized spacial score (nSPS) is 19.0. The third-order valence-electron chi connectivity index (χ3n) is 4.00. The summed E-state index contributed by atoms with van der Waals surface area (Å²) in [5, 5.41) is 4.05. The fourth-order valence-electron chi connectivity index (χ4n) is 2.73. The minimum atomic E-state index is 0.535. The van der Waals surface area contributed by atoms with E-state index < -0.39 is 0 Å². The van der Waals surface area contributed by atoms with Crippen LogP contribution in [0, 0.1) is 18.8 Å². The van der Waals surface area contributed by atoms with E-state index in [1.54, 1.807) is 0 Å². The highest BCUT2D eigenvalue weighted by atomic mass is 35.5. The van der Waals surface area contributed by atoms with Gasteiger partial charge in [0, 0.05) is 36.9 Å². The number of rotatable bonds is 5. The number of hydrogen-bond acceptors (Lipinski definition) is 2. The molecule has 0 spiro atoms. The zero-order valence-electron chi connectivity index (χ0n) is 13.8. The molecule has 2 rings (SSSR count). The number of nitrogens with one attached hydrogen (secondary N) is 1. The molecule has 1 aromatic carbocycles. The molecule has 1 aromatic rings. The van der Waals surface area contributed by atoms with Gasteiger partial charge < -0.3 is 16.0 Å². The molecule has 5 heteroatoms. The number of hydrogen-bond donors (Lipinski definition) is 2. The molecule has 1 unspecified atom stereocenters. The third kappa shape index (κ3) is 4.80. The highest BCUT2D eigenvalue weighted by Gasteiger charge is 2.23. The lowest BCUT2D eigenvalue weighted by atomic mass is 10.1. The zero-order chi connectivity index (χ0) is 16.1. The first-order chi connectivity index (χ1) is 10.5. The van der Waals surface area contributed by atoms with Crippen LogP contribution < -0.4 is 16.0 Å². The van der Waals surface area contributed by atoms with Crippen LogP contribution in [0.3, 0.4) is 0 Å². The van der Waals surface area contributed by atoms with Crippen LogP contribution in [-0.4, -0.2) is 32.1 Å². The van der Waals surface area contributed by atoms with Gasteiger partial charge >= 0.3 is 0 Å². The molecule has 22 heavy (non-hydrogen) atoms. The van der Waals surface area contributed by atoms with E-state index in [4.69, 9.17) is 17.3 Å². The van der Waals surface area contributed by atoms with Crippen LogP contribution in [0.5, 0.6) is 0 Å². The molecule has 0 amide bonds. The standard InChI is InChI=1S/C17H27ClN4/c1-12(2)9-20-17(19)21-10-14-6-7-22(11-14)16-8-15(18)5-4-13(16)3/h4-5,8,12,14H,6-7,9-11H2,1-3H3,(H3,19,20,21). The number of aryl methyl sites for hydroxylation is 1. The summed E-state index contributed by atoms with van der Waals surface area (Å²) in [7, 11) is 0. The van der Waals surface area contributed by atoms with Gasteiger partial charge in [-0.25, -0.2) is 0 Å². The van der Waals surface area contributed by atoms with Gasteiger partial charge in [0.05, 0.1) is 0 Å². The number of guanidine groups is 1. The summed E-state index contributed by atoms with van der Waals surface area (Å²) in [5.74, 6) is 1.69. The van der Waals surface area contributed by atoms with Gasteiger partial charge in [-0.1, -0.05) is 31.5 Å². The first kappa shape index (κ1) is 16.9. The van der Waals surface area contributed by atoms with Gasteiger partial charge in [0.2, 0.25) is 0 Å². The molecule has 0 aliphatic carbocycles. The van der Waals surface area contributed by atoms with Crippen LogP contribution in [0.15, 0.2) is 23.2 Å². The minimum absolute atomic E-state index is 0.535. The van der Waals surface area contributed by atoms with E-state index in [2.05, 4.69) is 48.1 Å². The molecular weight excluding hydrogens is 296 g/mol. The van der Waals surface area contributed by atoms with Crippen molar-refractivity contribution in [3.8, 4) is 0 Å². The molecule has 3 N–H and O–H groups in total. The van der Waals surface area contributed by atoms with Crippen molar-refractivity contribution in [3.05, 3.63) is 28.8 Å². The Labute approximate surface area is 138 Å². The highest BCUT2D eigenvalue weighted by molar-refractivity contribution is 6.30. The molecule has 122 valence electrons. The smallest absolute Gasteiger partial charge is 0.188 e.